The summed E-state index contributed by atoms with van der Waals surface area (Å²) in [5.74, 6) is 4.91. The molecule has 1 aromatic heterocycles. The van der Waals surface area contributed by atoms with Gasteiger partial charge in [0.25, 0.3) is 0 Å². The van der Waals surface area contributed by atoms with E-state index < -0.39 is 11.7 Å². The van der Waals surface area contributed by atoms with Gasteiger partial charge in [-0.15, -0.1) is 0 Å². The molecule has 0 amide bonds. The molecule has 1 heterocycles. The second-order valence-electron chi connectivity index (χ2n) is 4.26. The van der Waals surface area contributed by atoms with Crippen LogP contribution in [0.3, 0.4) is 0 Å². The van der Waals surface area contributed by atoms with Crippen LogP contribution in [0.25, 0.3) is 0 Å². The van der Waals surface area contributed by atoms with Crippen molar-refractivity contribution < 1.29 is 17.9 Å². The van der Waals surface area contributed by atoms with Crippen LogP contribution in [0.1, 0.15) is 11.1 Å². The van der Waals surface area contributed by atoms with Crippen molar-refractivity contribution >= 4 is 17.4 Å². The summed E-state index contributed by atoms with van der Waals surface area (Å²) in [7, 11) is 0. The van der Waals surface area contributed by atoms with E-state index in [1.54, 1.807) is 25.1 Å². The van der Waals surface area contributed by atoms with Gasteiger partial charge in [0.05, 0.1) is 10.6 Å². The zero-order valence-corrected chi connectivity index (χ0v) is 11.6. The summed E-state index contributed by atoms with van der Waals surface area (Å²) in [6.07, 6.45) is -4.54. The first-order valence-corrected chi connectivity index (χ1v) is 6.17. The molecule has 21 heavy (non-hydrogen) atoms. The van der Waals surface area contributed by atoms with E-state index in [2.05, 4.69) is 10.4 Å². The molecule has 0 saturated heterocycles. The maximum atomic E-state index is 12.8. The quantitative estimate of drug-likeness (QED) is 0.660. The number of hydrazine groups is 1. The van der Waals surface area contributed by atoms with Gasteiger partial charge in [0.2, 0.25) is 5.88 Å². The van der Waals surface area contributed by atoms with Gasteiger partial charge in [-0.2, -0.15) is 18.2 Å². The first kappa shape index (κ1) is 15.4. The van der Waals surface area contributed by atoms with Crippen molar-refractivity contribution in [3.05, 3.63) is 46.5 Å². The molecule has 0 fully saturated rings. The summed E-state index contributed by atoms with van der Waals surface area (Å²) in [5, 5.41) is 0.266. The first-order valence-electron chi connectivity index (χ1n) is 5.79. The fourth-order valence-electron chi connectivity index (χ4n) is 1.60. The molecule has 0 aliphatic carbocycles. The van der Waals surface area contributed by atoms with Gasteiger partial charge < -0.3 is 10.2 Å². The van der Waals surface area contributed by atoms with Crippen LogP contribution in [0, 0.1) is 6.92 Å². The molecule has 0 radical (unpaired) electrons. The molecule has 0 atom stereocenters. The van der Waals surface area contributed by atoms with E-state index in [4.69, 9.17) is 22.2 Å². The third-order valence-corrected chi connectivity index (χ3v) is 2.89. The molecule has 0 aliphatic rings. The number of nitrogens with one attached hydrogen (secondary N) is 1. The van der Waals surface area contributed by atoms with Crippen LogP contribution in [0.2, 0.25) is 5.02 Å². The molecular weight excluding hydrogens is 307 g/mol. The first-order chi connectivity index (χ1) is 9.79. The molecule has 0 unspecified atom stereocenters. The van der Waals surface area contributed by atoms with Crippen LogP contribution in [0.5, 0.6) is 11.6 Å². The van der Waals surface area contributed by atoms with Crippen LogP contribution in [0.15, 0.2) is 30.3 Å². The summed E-state index contributed by atoms with van der Waals surface area (Å²) >= 11 is 5.93. The van der Waals surface area contributed by atoms with Crippen molar-refractivity contribution in [3.63, 3.8) is 0 Å². The fraction of sp³-hybridized carbons (Fsp3) is 0.154. The smallest absolute Gasteiger partial charge is 0.416 e. The van der Waals surface area contributed by atoms with Crippen molar-refractivity contribution in [2.45, 2.75) is 13.1 Å². The molecule has 0 spiro atoms. The lowest BCUT2D eigenvalue weighted by Crippen LogP contribution is -2.12. The highest BCUT2D eigenvalue weighted by molar-refractivity contribution is 6.32. The highest BCUT2D eigenvalue weighted by Crippen LogP contribution is 2.35. The summed E-state index contributed by atoms with van der Waals surface area (Å²) in [6.45, 7) is 1.80. The molecule has 0 bridgehead atoms. The number of anilines is 1. The molecule has 0 saturated carbocycles. The van der Waals surface area contributed by atoms with Crippen molar-refractivity contribution in [2.75, 3.05) is 5.43 Å². The Kier molecular flexibility index (Phi) is 4.24. The van der Waals surface area contributed by atoms with Gasteiger partial charge in [-0.1, -0.05) is 17.7 Å². The average molecular weight is 318 g/mol. The number of halogens is 4. The highest BCUT2D eigenvalue weighted by atomic mass is 35.5. The van der Waals surface area contributed by atoms with E-state index in [0.29, 0.717) is 0 Å². The third kappa shape index (κ3) is 3.77. The van der Waals surface area contributed by atoms with E-state index >= 15 is 0 Å². The van der Waals surface area contributed by atoms with Gasteiger partial charge in [0.1, 0.15) is 11.6 Å². The molecule has 4 nitrogen and oxygen atoms in total. The predicted molar refractivity (Wildman–Crippen MR) is 73.3 cm³/mol. The number of hydrogen-bond donors (Lipinski definition) is 2. The summed E-state index contributed by atoms with van der Waals surface area (Å²) in [6, 6.07) is 6.49. The van der Waals surface area contributed by atoms with Gasteiger partial charge >= 0.3 is 6.18 Å². The number of nitrogen functional groups attached to an aromatic ring is 1. The number of rotatable bonds is 3. The Balaban J connectivity index is 2.42. The topological polar surface area (TPSA) is 60.2 Å². The minimum absolute atomic E-state index is 0.163. The molecule has 2 rings (SSSR count). The molecule has 112 valence electrons. The minimum atomic E-state index is -4.54. The molecule has 3 N–H and O–H groups in total. The Morgan fingerprint density at radius 1 is 1.24 bits per heavy atom. The summed E-state index contributed by atoms with van der Waals surface area (Å²) < 4.78 is 43.7. The lowest BCUT2D eigenvalue weighted by Gasteiger charge is -2.12. The van der Waals surface area contributed by atoms with Crippen molar-refractivity contribution in [1.29, 1.82) is 0 Å². The summed E-state index contributed by atoms with van der Waals surface area (Å²) in [5.41, 5.74) is 1.99. The second-order valence-corrected chi connectivity index (χ2v) is 4.66. The lowest BCUT2D eigenvalue weighted by molar-refractivity contribution is -0.137. The zero-order valence-electron chi connectivity index (χ0n) is 10.8. The fourth-order valence-corrected chi connectivity index (χ4v) is 1.75. The minimum Gasteiger partial charge on any atom is -0.437 e. The number of pyridine rings is 1. The van der Waals surface area contributed by atoms with Crippen molar-refractivity contribution in [1.82, 2.24) is 4.98 Å². The number of alkyl halides is 3. The Labute approximate surface area is 123 Å². The molecule has 8 heteroatoms. The molecule has 2 aromatic rings. The van der Waals surface area contributed by atoms with Gasteiger partial charge in [0, 0.05) is 6.07 Å². The Morgan fingerprint density at radius 3 is 2.57 bits per heavy atom. The number of aromatic nitrogens is 1. The van der Waals surface area contributed by atoms with E-state index in [1.165, 1.54) is 0 Å². The molecule has 1 aromatic carbocycles. The molecular formula is C13H11ClF3N3O. The van der Waals surface area contributed by atoms with Crippen LogP contribution < -0.4 is 16.0 Å². The van der Waals surface area contributed by atoms with E-state index in [0.717, 1.165) is 17.7 Å². The van der Waals surface area contributed by atoms with Gasteiger partial charge in [-0.05, 0) is 30.7 Å². The second kappa shape index (κ2) is 5.79. The number of hydrogen-bond acceptors (Lipinski definition) is 4. The Bertz CT molecular complexity index is 662. The highest BCUT2D eigenvalue weighted by Gasteiger charge is 2.32. The number of benzene rings is 1. The number of nitrogens with zero attached hydrogens (tertiary/aromatic N) is 1. The number of aryl methyl sites for hydroxylation is 1. The predicted octanol–water partition coefficient (Wildman–Crippen LogP) is 4.14. The van der Waals surface area contributed by atoms with Gasteiger partial charge in [-0.3, -0.25) is 0 Å². The average Bonchev–Trinajstić information content (AvgIpc) is 2.41. The Hall–Kier alpha value is -1.99. The molecule has 0 aliphatic heterocycles. The lowest BCUT2D eigenvalue weighted by atomic mass is 10.2. The van der Waals surface area contributed by atoms with Crippen LogP contribution in [-0.2, 0) is 6.18 Å². The maximum Gasteiger partial charge on any atom is 0.416 e. The Morgan fingerprint density at radius 2 is 1.95 bits per heavy atom. The zero-order chi connectivity index (χ0) is 15.6. The largest absolute Gasteiger partial charge is 0.437 e. The van der Waals surface area contributed by atoms with Gasteiger partial charge in [0.15, 0.2) is 0 Å². The number of ether oxygens (including phenoxy) is 1. The van der Waals surface area contributed by atoms with Crippen LogP contribution in [0.4, 0.5) is 19.0 Å². The van der Waals surface area contributed by atoms with E-state index in [-0.39, 0.29) is 22.5 Å². The standard InChI is InChI=1S/C13H11ClF3N3O/c1-7-2-3-9(14)10(4-7)21-12-6-8(13(15,16)17)5-11(19-12)20-18/h2-6H,18H2,1H3,(H,19,20). The van der Waals surface area contributed by atoms with Crippen molar-refractivity contribution in [2.24, 2.45) is 5.84 Å². The third-order valence-electron chi connectivity index (χ3n) is 2.58. The van der Waals surface area contributed by atoms with Gasteiger partial charge in [-0.25, -0.2) is 5.84 Å². The number of nitrogens with two attached hydrogens (primary N) is 1. The van der Waals surface area contributed by atoms with Crippen molar-refractivity contribution in [3.8, 4) is 11.6 Å². The van der Waals surface area contributed by atoms with E-state index in [9.17, 15) is 13.2 Å². The normalized spacial score (nSPS) is 11.3. The van der Waals surface area contributed by atoms with E-state index in [1.807, 2.05) is 0 Å². The van der Waals surface area contributed by atoms with Crippen LogP contribution >= 0.6 is 11.6 Å². The maximum absolute atomic E-state index is 12.8. The summed E-state index contributed by atoms with van der Waals surface area (Å²) in [4.78, 5) is 3.81. The SMILES string of the molecule is Cc1ccc(Cl)c(Oc2cc(C(F)(F)F)cc(NN)n2)c1. The van der Waals surface area contributed by atoms with Crippen LogP contribution in [-0.4, -0.2) is 4.98 Å². The monoisotopic (exact) mass is 317 g/mol.